The summed E-state index contributed by atoms with van der Waals surface area (Å²) >= 11 is 1.08. The monoisotopic (exact) mass is 473 g/mol. The second kappa shape index (κ2) is 10.2. The number of carbonyl (C=O) groups excluding carboxylic acids is 2. The molecule has 0 fully saturated rings. The first kappa shape index (κ1) is 23.1. The van der Waals surface area contributed by atoms with Crippen LogP contribution in [0, 0.1) is 20.8 Å². The van der Waals surface area contributed by atoms with Crippen molar-refractivity contribution in [1.82, 2.24) is 15.0 Å². The van der Waals surface area contributed by atoms with Crippen LogP contribution in [0.1, 0.15) is 42.7 Å². The van der Waals surface area contributed by atoms with Gasteiger partial charge in [-0.05, 0) is 50.6 Å². The zero-order valence-electron chi connectivity index (χ0n) is 19.0. The number of carbonyl (C=O) groups is 2. The van der Waals surface area contributed by atoms with E-state index in [-0.39, 0.29) is 12.5 Å². The Kier molecular flexibility index (Phi) is 6.93. The topological polar surface area (TPSA) is 106 Å². The van der Waals surface area contributed by atoms with E-state index in [1.165, 1.54) is 0 Å². The minimum absolute atomic E-state index is 0.169. The van der Waals surface area contributed by atoms with Crippen LogP contribution in [0.4, 0.5) is 16.8 Å². The lowest BCUT2D eigenvalue weighted by molar-refractivity contribution is 0.0477. The van der Waals surface area contributed by atoms with Crippen molar-refractivity contribution in [2.24, 2.45) is 0 Å². The second-order valence-corrected chi connectivity index (χ2v) is 8.63. The van der Waals surface area contributed by atoms with Crippen LogP contribution < -0.4 is 10.6 Å². The number of aryl methyl sites for hydroxylation is 3. The van der Waals surface area contributed by atoms with E-state index in [1.54, 1.807) is 25.1 Å². The summed E-state index contributed by atoms with van der Waals surface area (Å²) < 4.78 is 5.39. The molecule has 172 valence electrons. The molecule has 2 N–H and O–H groups in total. The quantitative estimate of drug-likeness (QED) is 0.355. The molecular formula is C25H23N5O3S. The highest BCUT2D eigenvalue weighted by atomic mass is 32.1. The molecule has 0 aliphatic rings. The van der Waals surface area contributed by atoms with E-state index in [1.807, 2.05) is 56.3 Å². The van der Waals surface area contributed by atoms with E-state index in [2.05, 4.69) is 25.6 Å². The van der Waals surface area contributed by atoms with Gasteiger partial charge in [-0.1, -0.05) is 47.7 Å². The van der Waals surface area contributed by atoms with Crippen LogP contribution in [0.5, 0.6) is 0 Å². The number of anilines is 3. The fraction of sp³-hybridized carbons (Fsp3) is 0.160. The lowest BCUT2D eigenvalue weighted by Gasteiger charge is -2.08. The van der Waals surface area contributed by atoms with Crippen molar-refractivity contribution in [2.45, 2.75) is 27.4 Å². The molecule has 0 aliphatic heterocycles. The molecule has 9 heteroatoms. The molecule has 4 aromatic rings. The van der Waals surface area contributed by atoms with E-state index >= 15 is 0 Å². The Morgan fingerprint density at radius 1 is 0.912 bits per heavy atom. The molecule has 0 saturated carbocycles. The van der Waals surface area contributed by atoms with Gasteiger partial charge in [0.15, 0.2) is 5.13 Å². The van der Waals surface area contributed by atoms with E-state index in [9.17, 15) is 9.59 Å². The lowest BCUT2D eigenvalue weighted by Crippen LogP contribution is -2.12. The van der Waals surface area contributed by atoms with E-state index in [4.69, 9.17) is 4.74 Å². The average molecular weight is 474 g/mol. The van der Waals surface area contributed by atoms with Gasteiger partial charge in [-0.3, -0.25) is 10.1 Å². The van der Waals surface area contributed by atoms with Crippen molar-refractivity contribution >= 4 is 40.0 Å². The molecule has 4 rings (SSSR count). The van der Waals surface area contributed by atoms with Gasteiger partial charge in [0, 0.05) is 22.6 Å². The number of aromatic nitrogens is 3. The molecule has 8 nitrogen and oxygen atoms in total. The van der Waals surface area contributed by atoms with Crippen LogP contribution in [0.2, 0.25) is 0 Å². The Bertz CT molecular complexity index is 1320. The molecule has 0 bridgehead atoms. The summed E-state index contributed by atoms with van der Waals surface area (Å²) in [7, 11) is 0. The molecular weight excluding hydrogens is 450 g/mol. The molecule has 0 unspecified atom stereocenters. The van der Waals surface area contributed by atoms with Gasteiger partial charge in [-0.15, -0.1) is 0 Å². The molecule has 0 saturated heterocycles. The maximum absolute atomic E-state index is 12.8. The number of nitrogens with one attached hydrogen (secondary N) is 2. The Morgan fingerprint density at radius 3 is 2.38 bits per heavy atom. The van der Waals surface area contributed by atoms with Crippen LogP contribution >= 0.6 is 11.3 Å². The summed E-state index contributed by atoms with van der Waals surface area (Å²) in [4.78, 5) is 38.7. The zero-order valence-corrected chi connectivity index (χ0v) is 19.8. The summed E-state index contributed by atoms with van der Waals surface area (Å²) in [6.45, 7) is 5.67. The van der Waals surface area contributed by atoms with E-state index in [0.29, 0.717) is 32.9 Å². The van der Waals surface area contributed by atoms with Gasteiger partial charge in [-0.2, -0.15) is 0 Å². The third-order valence-corrected chi connectivity index (χ3v) is 5.83. The maximum atomic E-state index is 12.8. The standard InChI is InChI=1S/C25H23N5O3S/c1-15-12-16(2)27-24(26-15)29-20-11-7-10-19(13-20)22(31)30-25-28-17(3)21(34-25)23(32)33-14-18-8-5-4-6-9-18/h4-13H,14H2,1-3H3,(H,26,27,29)(H,28,30,31). The number of hydrogen-bond acceptors (Lipinski definition) is 8. The summed E-state index contributed by atoms with van der Waals surface area (Å²) in [6.07, 6.45) is 0. The number of esters is 1. The molecule has 34 heavy (non-hydrogen) atoms. The second-order valence-electron chi connectivity index (χ2n) is 7.63. The van der Waals surface area contributed by atoms with Crippen molar-refractivity contribution in [3.8, 4) is 0 Å². The normalized spacial score (nSPS) is 10.6. The summed E-state index contributed by atoms with van der Waals surface area (Å²) in [5, 5.41) is 6.21. The predicted molar refractivity (Wildman–Crippen MR) is 132 cm³/mol. The van der Waals surface area contributed by atoms with E-state index in [0.717, 1.165) is 28.3 Å². The predicted octanol–water partition coefficient (Wildman–Crippen LogP) is 5.21. The van der Waals surface area contributed by atoms with Crippen molar-refractivity contribution in [3.63, 3.8) is 0 Å². The number of thiazole rings is 1. The van der Waals surface area contributed by atoms with Crippen LogP contribution in [-0.4, -0.2) is 26.8 Å². The fourth-order valence-corrected chi connectivity index (χ4v) is 4.10. The molecule has 0 aliphatic carbocycles. The Hall–Kier alpha value is -4.11. The molecule has 2 aromatic carbocycles. The van der Waals surface area contributed by atoms with Crippen LogP contribution in [0.3, 0.4) is 0 Å². The highest BCUT2D eigenvalue weighted by Gasteiger charge is 2.19. The largest absolute Gasteiger partial charge is 0.457 e. The van der Waals surface area contributed by atoms with Crippen molar-refractivity contribution < 1.29 is 14.3 Å². The zero-order chi connectivity index (χ0) is 24.1. The minimum atomic E-state index is -0.473. The van der Waals surface area contributed by atoms with Crippen molar-refractivity contribution in [3.05, 3.63) is 93.7 Å². The third kappa shape index (κ3) is 5.81. The van der Waals surface area contributed by atoms with Gasteiger partial charge in [0.2, 0.25) is 5.95 Å². The first-order valence-electron chi connectivity index (χ1n) is 10.6. The Labute approximate surface area is 201 Å². The van der Waals surface area contributed by atoms with Gasteiger partial charge in [0.1, 0.15) is 11.5 Å². The molecule has 0 radical (unpaired) electrons. The summed E-state index contributed by atoms with van der Waals surface area (Å²) in [5.41, 5.74) is 4.20. The molecule has 2 heterocycles. The molecule has 2 aromatic heterocycles. The number of amides is 1. The molecule has 0 atom stereocenters. The number of hydrogen-bond donors (Lipinski definition) is 2. The minimum Gasteiger partial charge on any atom is -0.457 e. The summed E-state index contributed by atoms with van der Waals surface area (Å²) in [5.74, 6) is -0.355. The highest BCUT2D eigenvalue weighted by Crippen LogP contribution is 2.25. The number of benzene rings is 2. The van der Waals surface area contributed by atoms with Gasteiger partial charge in [0.05, 0.1) is 5.69 Å². The van der Waals surface area contributed by atoms with Crippen LogP contribution in [-0.2, 0) is 11.3 Å². The fourth-order valence-electron chi connectivity index (χ4n) is 3.25. The van der Waals surface area contributed by atoms with Gasteiger partial charge in [-0.25, -0.2) is 19.7 Å². The average Bonchev–Trinajstić information content (AvgIpc) is 3.17. The smallest absolute Gasteiger partial charge is 0.350 e. The van der Waals surface area contributed by atoms with Gasteiger partial charge >= 0.3 is 5.97 Å². The van der Waals surface area contributed by atoms with Crippen LogP contribution in [0.25, 0.3) is 0 Å². The molecule has 1 amide bonds. The molecule has 0 spiro atoms. The SMILES string of the molecule is Cc1cc(C)nc(Nc2cccc(C(=O)Nc3nc(C)c(C(=O)OCc4ccccc4)s3)c2)n1. The van der Waals surface area contributed by atoms with Gasteiger partial charge in [0.25, 0.3) is 5.91 Å². The van der Waals surface area contributed by atoms with Crippen LogP contribution in [0.15, 0.2) is 60.7 Å². The van der Waals surface area contributed by atoms with Crippen molar-refractivity contribution in [2.75, 3.05) is 10.6 Å². The Morgan fingerprint density at radius 2 is 1.65 bits per heavy atom. The summed E-state index contributed by atoms with van der Waals surface area (Å²) in [6, 6.07) is 18.3. The highest BCUT2D eigenvalue weighted by molar-refractivity contribution is 7.17. The first-order valence-corrected chi connectivity index (χ1v) is 11.4. The van der Waals surface area contributed by atoms with Crippen molar-refractivity contribution in [1.29, 1.82) is 0 Å². The number of ether oxygens (including phenoxy) is 1. The van der Waals surface area contributed by atoms with Gasteiger partial charge < -0.3 is 10.1 Å². The lowest BCUT2D eigenvalue weighted by atomic mass is 10.2. The van der Waals surface area contributed by atoms with E-state index < -0.39 is 5.97 Å². The Balaban J connectivity index is 1.42. The third-order valence-electron chi connectivity index (χ3n) is 4.78. The number of nitrogens with zero attached hydrogens (tertiary/aromatic N) is 3. The first-order chi connectivity index (χ1) is 16.4. The maximum Gasteiger partial charge on any atom is 0.350 e. The number of rotatable bonds is 7.